The van der Waals surface area contributed by atoms with Gasteiger partial charge in [0.05, 0.1) is 23.5 Å². The third-order valence-electron chi connectivity index (χ3n) is 2.90. The summed E-state index contributed by atoms with van der Waals surface area (Å²) in [5.41, 5.74) is 2.68. The molecule has 20 heavy (non-hydrogen) atoms. The number of ether oxygens (including phenoxy) is 1. The van der Waals surface area contributed by atoms with E-state index in [1.807, 2.05) is 25.1 Å². The zero-order valence-corrected chi connectivity index (χ0v) is 11.6. The van der Waals surface area contributed by atoms with E-state index in [1.165, 1.54) is 0 Å². The predicted molar refractivity (Wildman–Crippen MR) is 70.9 cm³/mol. The molecule has 3 nitrogen and oxygen atoms in total. The highest BCUT2D eigenvalue weighted by Gasteiger charge is 2.27. The first-order valence-electron chi connectivity index (χ1n) is 6.07. The number of nitrogens with zero attached hydrogens (tertiary/aromatic N) is 2. The second-order valence-corrected chi connectivity index (χ2v) is 4.69. The molecule has 0 spiro atoms. The first-order valence-corrected chi connectivity index (χ1v) is 6.61. The van der Waals surface area contributed by atoms with Crippen LogP contribution >= 0.6 is 11.6 Å². The first-order chi connectivity index (χ1) is 9.42. The van der Waals surface area contributed by atoms with E-state index >= 15 is 0 Å². The van der Waals surface area contributed by atoms with E-state index in [0.717, 1.165) is 16.6 Å². The fourth-order valence-corrected chi connectivity index (χ4v) is 2.23. The second kappa shape index (κ2) is 6.01. The molecule has 0 aliphatic heterocycles. The fraction of sp³-hybridized carbons (Fsp3) is 0.462. The largest absolute Gasteiger partial charge is 0.411 e. The minimum atomic E-state index is -4.30. The quantitative estimate of drug-likeness (QED) is 0.622. The summed E-state index contributed by atoms with van der Waals surface area (Å²) < 4.78 is 42.5. The maximum atomic E-state index is 12.0. The van der Waals surface area contributed by atoms with Crippen molar-refractivity contribution < 1.29 is 17.9 Å². The van der Waals surface area contributed by atoms with Crippen LogP contribution in [0.25, 0.3) is 11.0 Å². The van der Waals surface area contributed by atoms with Crippen LogP contribution in [0.15, 0.2) is 18.2 Å². The average molecular weight is 307 g/mol. The number of aromatic nitrogens is 2. The summed E-state index contributed by atoms with van der Waals surface area (Å²) in [5.74, 6) is 0.833. The van der Waals surface area contributed by atoms with Gasteiger partial charge in [0.1, 0.15) is 12.4 Å². The predicted octanol–water partition coefficient (Wildman–Crippen LogP) is 3.66. The zero-order chi connectivity index (χ0) is 14.8. The van der Waals surface area contributed by atoms with Gasteiger partial charge in [0.25, 0.3) is 0 Å². The lowest BCUT2D eigenvalue weighted by atomic mass is 10.2. The molecular weight excluding hydrogens is 293 g/mol. The lowest BCUT2D eigenvalue weighted by molar-refractivity contribution is -0.174. The Balaban J connectivity index is 2.14. The SMILES string of the molecule is Cc1cccc2c1nc(CCl)n2CCOCC(F)(F)F. The molecule has 0 amide bonds. The maximum absolute atomic E-state index is 12.0. The van der Waals surface area contributed by atoms with Crippen molar-refractivity contribution in [1.29, 1.82) is 0 Å². The summed E-state index contributed by atoms with van der Waals surface area (Å²) in [6.45, 7) is 0.938. The van der Waals surface area contributed by atoms with E-state index in [1.54, 1.807) is 4.57 Å². The average Bonchev–Trinajstić information content (AvgIpc) is 2.73. The molecule has 0 saturated carbocycles. The van der Waals surface area contributed by atoms with E-state index in [4.69, 9.17) is 11.6 Å². The van der Waals surface area contributed by atoms with E-state index in [-0.39, 0.29) is 19.0 Å². The monoisotopic (exact) mass is 306 g/mol. The van der Waals surface area contributed by atoms with Crippen molar-refractivity contribution in [3.05, 3.63) is 29.6 Å². The Hall–Kier alpha value is -1.27. The molecule has 1 aromatic heterocycles. The molecule has 1 aromatic carbocycles. The number of hydrogen-bond acceptors (Lipinski definition) is 2. The van der Waals surface area contributed by atoms with Crippen LogP contribution in [-0.4, -0.2) is 28.9 Å². The standard InChI is InChI=1S/C13H14ClF3N2O/c1-9-3-2-4-10-12(9)18-11(7-14)19(10)5-6-20-8-13(15,16)17/h2-4H,5-8H2,1H3. The zero-order valence-electron chi connectivity index (χ0n) is 10.9. The van der Waals surface area contributed by atoms with Gasteiger partial charge < -0.3 is 9.30 Å². The molecule has 7 heteroatoms. The Kier molecular flexibility index (Phi) is 4.55. The smallest absolute Gasteiger partial charge is 0.370 e. The van der Waals surface area contributed by atoms with Gasteiger partial charge in [-0.15, -0.1) is 11.6 Å². The molecule has 1 heterocycles. The minimum Gasteiger partial charge on any atom is -0.370 e. The van der Waals surface area contributed by atoms with E-state index in [0.29, 0.717) is 5.82 Å². The van der Waals surface area contributed by atoms with Gasteiger partial charge >= 0.3 is 6.18 Å². The van der Waals surface area contributed by atoms with Crippen molar-refractivity contribution in [2.75, 3.05) is 13.2 Å². The van der Waals surface area contributed by atoms with Crippen LogP contribution < -0.4 is 0 Å². The molecule has 0 aliphatic rings. The molecule has 2 aromatic rings. The normalized spacial score (nSPS) is 12.2. The van der Waals surface area contributed by atoms with Gasteiger partial charge in [0.15, 0.2) is 0 Å². The Bertz CT molecular complexity index is 595. The number of fused-ring (bicyclic) bond motifs is 1. The summed E-state index contributed by atoms with van der Waals surface area (Å²) in [6, 6.07) is 5.68. The van der Waals surface area contributed by atoms with Crippen LogP contribution in [0, 0.1) is 6.92 Å². The first kappa shape index (κ1) is 15.1. The molecule has 110 valence electrons. The van der Waals surface area contributed by atoms with E-state index < -0.39 is 12.8 Å². The van der Waals surface area contributed by atoms with Crippen LogP contribution in [0.3, 0.4) is 0 Å². The Labute approximate surface area is 119 Å². The highest BCUT2D eigenvalue weighted by atomic mass is 35.5. The second-order valence-electron chi connectivity index (χ2n) is 4.42. The minimum absolute atomic E-state index is 0.0389. The van der Waals surface area contributed by atoms with Gasteiger partial charge in [-0.1, -0.05) is 12.1 Å². The topological polar surface area (TPSA) is 27.1 Å². The number of para-hydroxylation sites is 1. The van der Waals surface area contributed by atoms with Gasteiger partial charge in [-0.2, -0.15) is 13.2 Å². The molecule has 0 fully saturated rings. The van der Waals surface area contributed by atoms with Crippen molar-refractivity contribution in [3.63, 3.8) is 0 Å². The van der Waals surface area contributed by atoms with Crippen LogP contribution in [0.5, 0.6) is 0 Å². The van der Waals surface area contributed by atoms with Crippen molar-refractivity contribution in [3.8, 4) is 0 Å². The lowest BCUT2D eigenvalue weighted by Gasteiger charge is -2.10. The number of hydrogen-bond donors (Lipinski definition) is 0. The molecule has 0 saturated heterocycles. The number of aryl methyl sites for hydroxylation is 1. The van der Waals surface area contributed by atoms with Crippen molar-refractivity contribution >= 4 is 22.6 Å². The maximum Gasteiger partial charge on any atom is 0.411 e. The molecule has 0 unspecified atom stereocenters. The lowest BCUT2D eigenvalue weighted by Crippen LogP contribution is -2.19. The van der Waals surface area contributed by atoms with E-state index in [9.17, 15) is 13.2 Å². The Morgan fingerprint density at radius 3 is 2.75 bits per heavy atom. The summed E-state index contributed by atoms with van der Waals surface area (Å²) in [4.78, 5) is 4.41. The molecule has 0 bridgehead atoms. The fourth-order valence-electron chi connectivity index (χ4n) is 2.03. The number of rotatable bonds is 5. The van der Waals surface area contributed by atoms with Gasteiger partial charge in [-0.3, -0.25) is 0 Å². The number of benzene rings is 1. The van der Waals surface area contributed by atoms with Gasteiger partial charge in [0.2, 0.25) is 0 Å². The van der Waals surface area contributed by atoms with Gasteiger partial charge in [-0.25, -0.2) is 4.98 Å². The molecule has 0 radical (unpaired) electrons. The van der Waals surface area contributed by atoms with Crippen molar-refractivity contribution in [1.82, 2.24) is 9.55 Å². The Morgan fingerprint density at radius 2 is 2.10 bits per heavy atom. The van der Waals surface area contributed by atoms with Crippen molar-refractivity contribution in [2.24, 2.45) is 0 Å². The number of imidazole rings is 1. The van der Waals surface area contributed by atoms with Crippen LogP contribution in [0.4, 0.5) is 13.2 Å². The third-order valence-corrected chi connectivity index (χ3v) is 3.14. The number of halogens is 4. The van der Waals surface area contributed by atoms with E-state index in [2.05, 4.69) is 9.72 Å². The van der Waals surface area contributed by atoms with Crippen LogP contribution in [0.2, 0.25) is 0 Å². The summed E-state index contributed by atoms with van der Waals surface area (Å²) in [7, 11) is 0. The summed E-state index contributed by atoms with van der Waals surface area (Å²) in [5, 5.41) is 0. The molecule has 0 N–H and O–H groups in total. The number of alkyl halides is 4. The van der Waals surface area contributed by atoms with Crippen LogP contribution in [-0.2, 0) is 17.2 Å². The molecule has 0 aliphatic carbocycles. The molecular formula is C13H14ClF3N2O. The highest BCUT2D eigenvalue weighted by Crippen LogP contribution is 2.21. The summed E-state index contributed by atoms with van der Waals surface area (Å²) in [6.07, 6.45) is -4.30. The highest BCUT2D eigenvalue weighted by molar-refractivity contribution is 6.16. The van der Waals surface area contributed by atoms with Crippen molar-refractivity contribution in [2.45, 2.75) is 25.5 Å². The third kappa shape index (κ3) is 3.43. The summed E-state index contributed by atoms with van der Waals surface area (Å²) >= 11 is 5.84. The molecule has 0 atom stereocenters. The molecule has 2 rings (SSSR count). The van der Waals surface area contributed by atoms with Gasteiger partial charge in [-0.05, 0) is 18.6 Å². The van der Waals surface area contributed by atoms with Crippen LogP contribution in [0.1, 0.15) is 11.4 Å². The Morgan fingerprint density at radius 1 is 1.35 bits per heavy atom. The van der Waals surface area contributed by atoms with Gasteiger partial charge in [0, 0.05) is 6.54 Å².